The van der Waals surface area contributed by atoms with Crippen molar-refractivity contribution in [1.82, 2.24) is 0 Å². The van der Waals surface area contributed by atoms with Crippen LogP contribution in [0.5, 0.6) is 5.75 Å². The van der Waals surface area contributed by atoms with Crippen molar-refractivity contribution < 1.29 is 5.11 Å². The van der Waals surface area contributed by atoms with Crippen LogP contribution < -0.4 is 0 Å². The maximum Gasteiger partial charge on any atom is 0.123 e. The maximum absolute atomic E-state index is 10.0. The van der Waals surface area contributed by atoms with Gasteiger partial charge in [-0.1, -0.05) is 32.0 Å². The molecule has 1 heteroatoms. The van der Waals surface area contributed by atoms with E-state index < -0.39 is 0 Å². The fraction of sp³-hybridized carbons (Fsp3) is 0.333. The Labute approximate surface area is 96.7 Å². The molecule has 0 radical (unpaired) electrons. The molecule has 0 unspecified atom stereocenters. The van der Waals surface area contributed by atoms with Crippen LogP contribution in [0.2, 0.25) is 0 Å². The smallest absolute Gasteiger partial charge is 0.123 e. The first-order valence-corrected chi connectivity index (χ1v) is 5.73. The molecule has 84 valence electrons. The van der Waals surface area contributed by atoms with Gasteiger partial charge in [-0.05, 0) is 47.9 Å². The van der Waals surface area contributed by atoms with E-state index in [1.807, 2.05) is 19.9 Å². The SMILES string of the molecule is Cc1cc(O)c2c(C)ccc(C(C)C)c2c1. The zero-order valence-corrected chi connectivity index (χ0v) is 10.3. The topological polar surface area (TPSA) is 20.2 Å². The van der Waals surface area contributed by atoms with Crippen LogP contribution in [0.15, 0.2) is 24.3 Å². The molecule has 0 saturated heterocycles. The van der Waals surface area contributed by atoms with Crippen LogP contribution in [-0.2, 0) is 0 Å². The molecule has 0 aliphatic heterocycles. The Morgan fingerprint density at radius 2 is 1.75 bits per heavy atom. The minimum atomic E-state index is 0.398. The first-order valence-electron chi connectivity index (χ1n) is 5.73. The molecule has 1 nitrogen and oxygen atoms in total. The quantitative estimate of drug-likeness (QED) is 0.751. The average Bonchev–Trinajstić information content (AvgIpc) is 2.15. The highest BCUT2D eigenvalue weighted by Gasteiger charge is 2.10. The number of hydrogen-bond donors (Lipinski definition) is 1. The third-order valence-electron chi connectivity index (χ3n) is 3.10. The summed E-state index contributed by atoms with van der Waals surface area (Å²) in [5.74, 6) is 0.874. The number of rotatable bonds is 1. The second-order valence-electron chi connectivity index (χ2n) is 4.83. The van der Waals surface area contributed by atoms with E-state index in [-0.39, 0.29) is 0 Å². The van der Waals surface area contributed by atoms with Gasteiger partial charge in [0.25, 0.3) is 0 Å². The molecule has 1 N–H and O–H groups in total. The number of phenols is 1. The van der Waals surface area contributed by atoms with Crippen molar-refractivity contribution >= 4 is 10.8 Å². The standard InChI is InChI=1S/C15H18O/c1-9(2)12-6-5-11(4)15-13(12)7-10(3)8-14(15)16/h5-9,16H,1-4H3. The van der Waals surface area contributed by atoms with Crippen molar-refractivity contribution in [3.8, 4) is 5.75 Å². The molecule has 2 aromatic rings. The summed E-state index contributed by atoms with van der Waals surface area (Å²) in [5, 5.41) is 12.2. The van der Waals surface area contributed by atoms with Gasteiger partial charge in [-0.25, -0.2) is 0 Å². The maximum atomic E-state index is 10.0. The third-order valence-corrected chi connectivity index (χ3v) is 3.10. The summed E-state index contributed by atoms with van der Waals surface area (Å²) < 4.78 is 0. The Morgan fingerprint density at radius 3 is 2.38 bits per heavy atom. The minimum absolute atomic E-state index is 0.398. The summed E-state index contributed by atoms with van der Waals surface area (Å²) >= 11 is 0. The van der Waals surface area contributed by atoms with Gasteiger partial charge in [0.2, 0.25) is 0 Å². The van der Waals surface area contributed by atoms with Crippen LogP contribution in [-0.4, -0.2) is 5.11 Å². The normalized spacial score (nSPS) is 11.3. The van der Waals surface area contributed by atoms with Crippen LogP contribution in [0.1, 0.15) is 36.5 Å². The van der Waals surface area contributed by atoms with Gasteiger partial charge in [-0.15, -0.1) is 0 Å². The van der Waals surface area contributed by atoms with Crippen molar-refractivity contribution in [2.45, 2.75) is 33.6 Å². The van der Waals surface area contributed by atoms with E-state index in [0.29, 0.717) is 11.7 Å². The molecule has 0 heterocycles. The van der Waals surface area contributed by atoms with Gasteiger partial charge in [-0.3, -0.25) is 0 Å². The molecule has 0 bridgehead atoms. The van der Waals surface area contributed by atoms with Gasteiger partial charge in [-0.2, -0.15) is 0 Å². The Balaban J connectivity index is 2.92. The molecule has 0 aromatic heterocycles. The van der Waals surface area contributed by atoms with Crippen molar-refractivity contribution in [3.63, 3.8) is 0 Å². The summed E-state index contributed by atoms with van der Waals surface area (Å²) in [7, 11) is 0. The predicted molar refractivity (Wildman–Crippen MR) is 69.2 cm³/mol. The van der Waals surface area contributed by atoms with E-state index in [2.05, 4.69) is 32.0 Å². The second-order valence-corrected chi connectivity index (χ2v) is 4.83. The molecule has 2 rings (SSSR count). The molecule has 0 aliphatic carbocycles. The summed E-state index contributed by atoms with van der Waals surface area (Å²) in [6, 6.07) is 8.25. The summed E-state index contributed by atoms with van der Waals surface area (Å²) in [4.78, 5) is 0. The lowest BCUT2D eigenvalue weighted by atomic mass is 9.92. The summed E-state index contributed by atoms with van der Waals surface area (Å²) in [5.41, 5.74) is 3.55. The molecule has 0 saturated carbocycles. The monoisotopic (exact) mass is 214 g/mol. The van der Waals surface area contributed by atoms with Gasteiger partial charge < -0.3 is 5.11 Å². The van der Waals surface area contributed by atoms with Gasteiger partial charge in [0, 0.05) is 5.39 Å². The molecule has 0 fully saturated rings. The van der Waals surface area contributed by atoms with Crippen LogP contribution in [0.25, 0.3) is 10.8 Å². The molecular formula is C15H18O. The minimum Gasteiger partial charge on any atom is -0.507 e. The molecule has 2 aromatic carbocycles. The van der Waals surface area contributed by atoms with E-state index >= 15 is 0 Å². The largest absolute Gasteiger partial charge is 0.507 e. The van der Waals surface area contributed by atoms with E-state index in [0.717, 1.165) is 16.5 Å². The lowest BCUT2D eigenvalue weighted by molar-refractivity contribution is 0.481. The van der Waals surface area contributed by atoms with E-state index in [1.54, 1.807) is 0 Å². The number of fused-ring (bicyclic) bond motifs is 1. The first kappa shape index (κ1) is 11.0. The Morgan fingerprint density at radius 1 is 1.06 bits per heavy atom. The number of aryl methyl sites for hydroxylation is 2. The number of hydrogen-bond acceptors (Lipinski definition) is 1. The van der Waals surface area contributed by atoms with Crippen LogP contribution >= 0.6 is 0 Å². The molecule has 0 atom stereocenters. The highest BCUT2D eigenvalue weighted by molar-refractivity contribution is 5.94. The lowest BCUT2D eigenvalue weighted by Gasteiger charge is -2.14. The Hall–Kier alpha value is -1.50. The fourth-order valence-electron chi connectivity index (χ4n) is 2.30. The van der Waals surface area contributed by atoms with Gasteiger partial charge in [0.1, 0.15) is 5.75 Å². The third kappa shape index (κ3) is 1.67. The summed E-state index contributed by atoms with van der Waals surface area (Å²) in [6.45, 7) is 8.43. The van der Waals surface area contributed by atoms with E-state index in [1.165, 1.54) is 10.9 Å². The molecule has 0 aliphatic rings. The van der Waals surface area contributed by atoms with Gasteiger partial charge in [0.15, 0.2) is 0 Å². The zero-order chi connectivity index (χ0) is 11.9. The van der Waals surface area contributed by atoms with Crippen molar-refractivity contribution in [2.75, 3.05) is 0 Å². The molecule has 16 heavy (non-hydrogen) atoms. The number of benzene rings is 2. The average molecular weight is 214 g/mol. The van der Waals surface area contributed by atoms with Crippen LogP contribution in [0, 0.1) is 13.8 Å². The van der Waals surface area contributed by atoms with E-state index in [4.69, 9.17) is 0 Å². The fourth-order valence-corrected chi connectivity index (χ4v) is 2.30. The van der Waals surface area contributed by atoms with Crippen molar-refractivity contribution in [2.24, 2.45) is 0 Å². The predicted octanol–water partition coefficient (Wildman–Crippen LogP) is 4.29. The number of aromatic hydroxyl groups is 1. The summed E-state index contributed by atoms with van der Waals surface area (Å²) in [6.07, 6.45) is 0. The highest BCUT2D eigenvalue weighted by Crippen LogP contribution is 2.34. The second kappa shape index (κ2) is 3.82. The van der Waals surface area contributed by atoms with E-state index in [9.17, 15) is 5.11 Å². The van der Waals surface area contributed by atoms with Crippen LogP contribution in [0.3, 0.4) is 0 Å². The first-order chi connectivity index (χ1) is 7.50. The molecular weight excluding hydrogens is 196 g/mol. The van der Waals surface area contributed by atoms with Crippen molar-refractivity contribution in [1.29, 1.82) is 0 Å². The van der Waals surface area contributed by atoms with Gasteiger partial charge in [0.05, 0.1) is 0 Å². The zero-order valence-electron chi connectivity index (χ0n) is 10.3. The molecule has 0 spiro atoms. The highest BCUT2D eigenvalue weighted by atomic mass is 16.3. The molecule has 0 amide bonds. The van der Waals surface area contributed by atoms with Crippen molar-refractivity contribution in [3.05, 3.63) is 41.0 Å². The Bertz CT molecular complexity index is 539. The Kier molecular flexibility index (Phi) is 2.63. The lowest BCUT2D eigenvalue weighted by Crippen LogP contribution is -1.92. The van der Waals surface area contributed by atoms with Gasteiger partial charge >= 0.3 is 0 Å². The number of phenolic OH excluding ortho intramolecular Hbond substituents is 1. The van der Waals surface area contributed by atoms with Crippen LogP contribution in [0.4, 0.5) is 0 Å².